The summed E-state index contributed by atoms with van der Waals surface area (Å²) < 4.78 is 13.2. The largest absolute Gasteiger partial charge is 0.323 e. The van der Waals surface area contributed by atoms with Crippen molar-refractivity contribution in [1.82, 2.24) is 0 Å². The lowest BCUT2D eigenvalue weighted by molar-refractivity contribution is 0.584. The van der Waals surface area contributed by atoms with E-state index in [0.717, 1.165) is 5.56 Å². The molecule has 0 saturated carbocycles. The van der Waals surface area contributed by atoms with Gasteiger partial charge in [-0.05, 0) is 18.6 Å². The first kappa shape index (κ1) is 12.9. The molecule has 0 amide bonds. The van der Waals surface area contributed by atoms with Crippen LogP contribution < -0.4 is 5.73 Å². The monoisotopic (exact) mass is 214 g/mol. The van der Waals surface area contributed by atoms with E-state index in [0.29, 0.717) is 5.56 Å². The molecule has 1 atom stereocenters. The van der Waals surface area contributed by atoms with Crippen molar-refractivity contribution >= 4 is 12.4 Å². The normalized spacial score (nSPS) is 11.3. The number of aryl methyl sites for hydroxylation is 1. The summed E-state index contributed by atoms with van der Waals surface area (Å²) in [6.45, 7) is 1.81. The maximum atomic E-state index is 13.2. The molecular formula is C10H12ClFN2. The van der Waals surface area contributed by atoms with Crippen molar-refractivity contribution in [1.29, 1.82) is 5.26 Å². The summed E-state index contributed by atoms with van der Waals surface area (Å²) >= 11 is 0. The van der Waals surface area contributed by atoms with Gasteiger partial charge in [0.05, 0.1) is 12.5 Å². The SMILES string of the molecule is Cc1ccc([C@@H](N)CC#N)c(F)c1.Cl. The lowest BCUT2D eigenvalue weighted by atomic mass is 10.0. The number of halogens is 2. The van der Waals surface area contributed by atoms with Crippen molar-refractivity contribution in [2.45, 2.75) is 19.4 Å². The second-order valence-electron chi connectivity index (χ2n) is 2.99. The molecule has 0 radical (unpaired) electrons. The van der Waals surface area contributed by atoms with E-state index in [9.17, 15) is 4.39 Å². The second kappa shape index (κ2) is 5.58. The zero-order chi connectivity index (χ0) is 9.84. The maximum Gasteiger partial charge on any atom is 0.128 e. The third-order valence-corrected chi connectivity index (χ3v) is 1.87. The predicted molar refractivity (Wildman–Crippen MR) is 55.5 cm³/mol. The van der Waals surface area contributed by atoms with Crippen LogP contribution in [0.1, 0.15) is 23.6 Å². The van der Waals surface area contributed by atoms with E-state index in [1.54, 1.807) is 12.1 Å². The van der Waals surface area contributed by atoms with Crippen LogP contribution in [0.25, 0.3) is 0 Å². The standard InChI is InChI=1S/C10H11FN2.ClH/c1-7-2-3-8(9(11)6-7)10(13)4-5-12;/h2-3,6,10H,4,13H2,1H3;1H/t10-;/m0./s1. The lowest BCUT2D eigenvalue weighted by Crippen LogP contribution is -2.11. The van der Waals surface area contributed by atoms with Gasteiger partial charge in [0.2, 0.25) is 0 Å². The zero-order valence-corrected chi connectivity index (χ0v) is 8.64. The molecule has 1 rings (SSSR count). The number of nitrogens with two attached hydrogens (primary N) is 1. The van der Waals surface area contributed by atoms with Crippen LogP contribution in [0.4, 0.5) is 4.39 Å². The predicted octanol–water partition coefficient (Wildman–Crippen LogP) is 2.47. The summed E-state index contributed by atoms with van der Waals surface area (Å²) in [6, 6.07) is 6.24. The number of nitrogens with zero attached hydrogens (tertiary/aromatic N) is 1. The summed E-state index contributed by atoms with van der Waals surface area (Å²) in [5.74, 6) is -0.331. The first-order valence-electron chi connectivity index (χ1n) is 4.03. The first-order chi connectivity index (χ1) is 6.15. The Bertz CT molecular complexity index is 346. The Balaban J connectivity index is 0.00000169. The van der Waals surface area contributed by atoms with Crippen molar-refractivity contribution in [2.24, 2.45) is 5.73 Å². The van der Waals surface area contributed by atoms with E-state index in [2.05, 4.69) is 0 Å². The van der Waals surface area contributed by atoms with Gasteiger partial charge in [0.1, 0.15) is 5.82 Å². The van der Waals surface area contributed by atoms with Crippen LogP contribution in [0.15, 0.2) is 18.2 Å². The van der Waals surface area contributed by atoms with Gasteiger partial charge in [-0.15, -0.1) is 12.4 Å². The maximum absolute atomic E-state index is 13.2. The minimum Gasteiger partial charge on any atom is -0.323 e. The third-order valence-electron chi connectivity index (χ3n) is 1.87. The molecule has 2 N–H and O–H groups in total. The number of rotatable bonds is 2. The van der Waals surface area contributed by atoms with Crippen LogP contribution in [0, 0.1) is 24.1 Å². The van der Waals surface area contributed by atoms with Gasteiger partial charge >= 0.3 is 0 Å². The van der Waals surface area contributed by atoms with Crippen LogP contribution in [-0.4, -0.2) is 0 Å². The molecule has 0 saturated heterocycles. The molecule has 0 aliphatic heterocycles. The highest BCUT2D eigenvalue weighted by Crippen LogP contribution is 2.18. The summed E-state index contributed by atoms with van der Waals surface area (Å²) in [7, 11) is 0. The molecule has 2 nitrogen and oxygen atoms in total. The van der Waals surface area contributed by atoms with Gasteiger partial charge in [-0.1, -0.05) is 12.1 Å². The first-order valence-corrected chi connectivity index (χ1v) is 4.03. The number of hydrogen-bond donors (Lipinski definition) is 1. The Kier molecular flexibility index (Phi) is 5.14. The zero-order valence-electron chi connectivity index (χ0n) is 7.83. The Morgan fingerprint density at radius 2 is 2.21 bits per heavy atom. The Labute approximate surface area is 88.9 Å². The topological polar surface area (TPSA) is 49.8 Å². The van der Waals surface area contributed by atoms with Gasteiger partial charge in [0, 0.05) is 11.6 Å². The minimum absolute atomic E-state index is 0. The Hall–Kier alpha value is -1.11. The molecule has 1 aromatic carbocycles. The Morgan fingerprint density at radius 1 is 1.57 bits per heavy atom. The van der Waals surface area contributed by atoms with Gasteiger partial charge in [-0.3, -0.25) is 0 Å². The fraction of sp³-hybridized carbons (Fsp3) is 0.300. The highest BCUT2D eigenvalue weighted by atomic mass is 35.5. The van der Waals surface area contributed by atoms with Gasteiger partial charge in [0.15, 0.2) is 0 Å². The molecule has 14 heavy (non-hydrogen) atoms. The molecule has 0 aliphatic carbocycles. The number of hydrogen-bond acceptors (Lipinski definition) is 2. The van der Waals surface area contributed by atoms with E-state index < -0.39 is 6.04 Å². The van der Waals surface area contributed by atoms with Crippen molar-refractivity contribution in [3.8, 4) is 6.07 Å². The molecule has 0 aromatic heterocycles. The Morgan fingerprint density at radius 3 is 2.71 bits per heavy atom. The molecule has 0 spiro atoms. The van der Waals surface area contributed by atoms with E-state index in [1.165, 1.54) is 6.07 Å². The van der Waals surface area contributed by atoms with Crippen molar-refractivity contribution in [3.05, 3.63) is 35.1 Å². The molecule has 76 valence electrons. The highest BCUT2D eigenvalue weighted by Gasteiger charge is 2.10. The number of benzene rings is 1. The smallest absolute Gasteiger partial charge is 0.128 e. The molecule has 0 bridgehead atoms. The summed E-state index contributed by atoms with van der Waals surface area (Å²) in [5, 5.41) is 8.39. The van der Waals surface area contributed by atoms with Gasteiger partial charge in [-0.25, -0.2) is 4.39 Å². The lowest BCUT2D eigenvalue weighted by Gasteiger charge is -2.09. The van der Waals surface area contributed by atoms with E-state index in [-0.39, 0.29) is 24.6 Å². The van der Waals surface area contributed by atoms with Crippen LogP contribution in [-0.2, 0) is 0 Å². The van der Waals surface area contributed by atoms with Crippen LogP contribution in [0.2, 0.25) is 0 Å². The van der Waals surface area contributed by atoms with Crippen molar-refractivity contribution in [2.75, 3.05) is 0 Å². The highest BCUT2D eigenvalue weighted by molar-refractivity contribution is 5.85. The summed E-state index contributed by atoms with van der Waals surface area (Å²) in [4.78, 5) is 0. The van der Waals surface area contributed by atoms with E-state index in [4.69, 9.17) is 11.0 Å². The molecule has 4 heteroatoms. The molecule has 0 unspecified atom stereocenters. The van der Waals surface area contributed by atoms with Crippen molar-refractivity contribution < 1.29 is 4.39 Å². The van der Waals surface area contributed by atoms with Crippen molar-refractivity contribution in [3.63, 3.8) is 0 Å². The summed E-state index contributed by atoms with van der Waals surface area (Å²) in [5.41, 5.74) is 6.86. The van der Waals surface area contributed by atoms with Crippen LogP contribution in [0.3, 0.4) is 0 Å². The molecule has 1 aromatic rings. The van der Waals surface area contributed by atoms with Crippen LogP contribution >= 0.6 is 12.4 Å². The fourth-order valence-electron chi connectivity index (χ4n) is 1.14. The minimum atomic E-state index is -0.523. The quantitative estimate of drug-likeness (QED) is 0.822. The second-order valence-corrected chi connectivity index (χ2v) is 2.99. The molecule has 0 fully saturated rings. The molecule has 0 heterocycles. The average Bonchev–Trinajstić information content (AvgIpc) is 2.04. The molecular weight excluding hydrogens is 203 g/mol. The van der Waals surface area contributed by atoms with Gasteiger partial charge < -0.3 is 5.73 Å². The average molecular weight is 215 g/mol. The fourth-order valence-corrected chi connectivity index (χ4v) is 1.14. The third kappa shape index (κ3) is 2.99. The van der Waals surface area contributed by atoms with E-state index >= 15 is 0 Å². The summed E-state index contributed by atoms with van der Waals surface area (Å²) in [6.07, 6.45) is 0.139. The van der Waals surface area contributed by atoms with Gasteiger partial charge in [0.25, 0.3) is 0 Å². The van der Waals surface area contributed by atoms with Gasteiger partial charge in [-0.2, -0.15) is 5.26 Å². The molecule has 0 aliphatic rings. The van der Waals surface area contributed by atoms with E-state index in [1.807, 2.05) is 13.0 Å². The van der Waals surface area contributed by atoms with Crippen LogP contribution in [0.5, 0.6) is 0 Å². The number of nitriles is 1.